The number of ether oxygens (including phenoxy) is 2. The van der Waals surface area contributed by atoms with Crippen LogP contribution in [0.2, 0.25) is 0 Å². The number of hydrogen-bond acceptors (Lipinski definition) is 6. The van der Waals surface area contributed by atoms with Crippen LogP contribution < -0.4 is 40.8 Å². The average Bonchev–Trinajstić information content (AvgIpc) is 2.95. The molecule has 3 N–H and O–H groups in total. The van der Waals surface area contributed by atoms with Gasteiger partial charge in [-0.25, -0.2) is 4.79 Å². The summed E-state index contributed by atoms with van der Waals surface area (Å²) in [5.41, 5.74) is -0.293. The van der Waals surface area contributed by atoms with E-state index in [1.165, 1.54) is 13.3 Å². The summed E-state index contributed by atoms with van der Waals surface area (Å²) in [7, 11) is -2.38. The second-order valence-electron chi connectivity index (χ2n) is 4.17. The van der Waals surface area contributed by atoms with Gasteiger partial charge in [0, 0.05) is 25.5 Å². The Bertz CT molecular complexity index is 597. The minimum Gasteiger partial charge on any atom is -0.522 e. The van der Waals surface area contributed by atoms with Gasteiger partial charge in [-0.15, -0.1) is 6.42 Å². The van der Waals surface area contributed by atoms with Crippen molar-refractivity contribution in [2.24, 2.45) is 0 Å². The number of hydrogen-bond donors (Lipinski definition) is 3. The average molecular weight is 344 g/mol. The van der Waals surface area contributed by atoms with Crippen LogP contribution in [0.3, 0.4) is 0 Å². The molecule has 2 heterocycles. The topological polar surface area (TPSA) is 131 Å². The maximum atomic E-state index is 10.9. The van der Waals surface area contributed by atoms with Crippen molar-refractivity contribution in [3.05, 3.63) is 38.9 Å². The summed E-state index contributed by atoms with van der Waals surface area (Å²) in [6.45, 7) is 2.24. The minimum absolute atomic E-state index is 0. The molecule has 11 heteroatoms. The van der Waals surface area contributed by atoms with Gasteiger partial charge in [-0.1, -0.05) is 12.7 Å². The molecule has 1 saturated heterocycles. The van der Waals surface area contributed by atoms with Crippen LogP contribution in [0.25, 0.3) is 0 Å². The first-order chi connectivity index (χ1) is 9.84. The van der Waals surface area contributed by atoms with Gasteiger partial charge in [0.1, 0.15) is 6.35 Å². The van der Waals surface area contributed by atoms with E-state index >= 15 is 0 Å². The van der Waals surface area contributed by atoms with Gasteiger partial charge in [0.25, 0.3) is 5.56 Å². The Morgan fingerprint density at radius 3 is 2.64 bits per heavy atom. The van der Waals surface area contributed by atoms with Crippen LogP contribution in [0, 0.1) is 13.2 Å². The van der Waals surface area contributed by atoms with Crippen LogP contribution in [0.4, 0.5) is 0 Å². The molecule has 1 fully saturated rings. The normalized spacial score (nSPS) is 17.0. The van der Waals surface area contributed by atoms with E-state index in [2.05, 4.69) is 14.5 Å². The predicted molar refractivity (Wildman–Crippen MR) is 73.6 cm³/mol. The smallest absolute Gasteiger partial charge is 0.522 e. The molecule has 1 aliphatic rings. The van der Waals surface area contributed by atoms with Crippen molar-refractivity contribution in [1.29, 1.82) is 0 Å². The third-order valence-electron chi connectivity index (χ3n) is 2.47. The molecule has 1 aromatic rings. The van der Waals surface area contributed by atoms with Gasteiger partial charge in [-0.2, -0.15) is 0 Å². The first-order valence-electron chi connectivity index (χ1n) is 6.11. The number of aromatic nitrogens is 2. The molecule has 2 rings (SSSR count). The number of nitrogens with one attached hydrogen (secondary N) is 2. The molecule has 22 heavy (non-hydrogen) atoms. The Kier molecular flexibility index (Phi) is 10.4. The quantitative estimate of drug-likeness (QED) is 0.312. The Balaban J connectivity index is 0.000000397. The third kappa shape index (κ3) is 8.40. The van der Waals surface area contributed by atoms with Crippen molar-refractivity contribution in [2.75, 3.05) is 20.1 Å². The van der Waals surface area contributed by atoms with Crippen molar-refractivity contribution >= 4 is 7.60 Å². The maximum absolute atomic E-state index is 10.9. The predicted octanol–water partition coefficient (Wildman–Crippen LogP) is -2.53. The molecule has 0 saturated carbocycles. The standard InChI is InChI=1S/C6H12O5P.C5H6N2O2.Na/c1-9-12(7,8)5-11-6-3-2-4-10-6;1-3-2-6-5(9)7-4(3)8;/h2-5H2,1H3,(H,7,8);2H,1H3,(H2,6,7,8,9);/q-1;;+1. The molecule has 9 nitrogen and oxygen atoms in total. The molecule has 0 aliphatic carbocycles. The first kappa shape index (κ1) is 21.8. The van der Waals surface area contributed by atoms with E-state index in [0.717, 1.165) is 6.42 Å². The van der Waals surface area contributed by atoms with E-state index in [-0.39, 0.29) is 41.5 Å². The van der Waals surface area contributed by atoms with Crippen LogP contribution in [0.5, 0.6) is 0 Å². The van der Waals surface area contributed by atoms with E-state index < -0.39 is 13.3 Å². The van der Waals surface area contributed by atoms with Crippen LogP contribution in [-0.2, 0) is 18.6 Å². The summed E-state index contributed by atoms with van der Waals surface area (Å²) in [6.07, 6.45) is 3.07. The number of aromatic amines is 2. The van der Waals surface area contributed by atoms with Crippen molar-refractivity contribution in [3.8, 4) is 0 Å². The fraction of sp³-hybridized carbons (Fsp3) is 0.545. The fourth-order valence-electron chi connectivity index (χ4n) is 1.27. The van der Waals surface area contributed by atoms with E-state index in [0.29, 0.717) is 24.9 Å². The molecule has 1 atom stereocenters. The molecule has 120 valence electrons. The van der Waals surface area contributed by atoms with Gasteiger partial charge >= 0.3 is 42.8 Å². The Labute approximate surface area is 149 Å². The van der Waals surface area contributed by atoms with Gasteiger partial charge in [-0.3, -0.25) is 14.3 Å². The Morgan fingerprint density at radius 2 is 2.18 bits per heavy atom. The summed E-state index contributed by atoms with van der Waals surface area (Å²) in [6, 6.07) is 0. The summed E-state index contributed by atoms with van der Waals surface area (Å²) >= 11 is 0. The van der Waals surface area contributed by atoms with Crippen molar-refractivity contribution in [1.82, 2.24) is 9.97 Å². The molecule has 1 unspecified atom stereocenters. The van der Waals surface area contributed by atoms with Gasteiger partial charge in [0.15, 0.2) is 0 Å². The zero-order chi connectivity index (χ0) is 15.9. The SMILES string of the molecule is COP(=O)(O)CO[C-]1CCCO1.Cc1c[nH]c(=O)[nH]c1=O.[Na+]. The molecule has 0 spiro atoms. The van der Waals surface area contributed by atoms with E-state index in [1.54, 1.807) is 6.92 Å². The fourth-order valence-corrected chi connectivity index (χ4v) is 1.68. The van der Waals surface area contributed by atoms with Gasteiger partial charge in [0.05, 0.1) is 0 Å². The molecular formula is C11H18N2NaO7P. The molecule has 0 amide bonds. The Morgan fingerprint density at radius 1 is 1.50 bits per heavy atom. The largest absolute Gasteiger partial charge is 1.00 e. The molecule has 1 aliphatic heterocycles. The van der Waals surface area contributed by atoms with E-state index in [1.807, 2.05) is 0 Å². The summed E-state index contributed by atoms with van der Waals surface area (Å²) in [5, 5.41) is 0. The zero-order valence-corrected chi connectivity index (χ0v) is 15.6. The molecule has 0 radical (unpaired) electrons. The second kappa shape index (κ2) is 10.5. The van der Waals surface area contributed by atoms with Crippen LogP contribution in [0.15, 0.2) is 15.8 Å². The number of aryl methyl sites for hydroxylation is 1. The molecule has 0 aromatic carbocycles. The molecule has 1 aromatic heterocycles. The molecular weight excluding hydrogens is 326 g/mol. The monoisotopic (exact) mass is 344 g/mol. The van der Waals surface area contributed by atoms with Gasteiger partial charge in [0.2, 0.25) is 0 Å². The minimum atomic E-state index is -3.55. The zero-order valence-electron chi connectivity index (χ0n) is 12.7. The maximum Gasteiger partial charge on any atom is 1.00 e. The van der Waals surface area contributed by atoms with Crippen LogP contribution >= 0.6 is 7.60 Å². The van der Waals surface area contributed by atoms with Gasteiger partial charge in [-0.05, 0) is 6.92 Å². The van der Waals surface area contributed by atoms with E-state index in [9.17, 15) is 14.2 Å². The third-order valence-corrected chi connectivity index (χ3v) is 3.49. The summed E-state index contributed by atoms with van der Waals surface area (Å²) in [4.78, 5) is 34.2. The number of H-pyrrole nitrogens is 2. The second-order valence-corrected chi connectivity index (χ2v) is 6.07. The first-order valence-corrected chi connectivity index (χ1v) is 7.88. The molecule has 0 bridgehead atoms. The van der Waals surface area contributed by atoms with Crippen LogP contribution in [0.1, 0.15) is 18.4 Å². The van der Waals surface area contributed by atoms with Crippen molar-refractivity contribution in [3.63, 3.8) is 0 Å². The number of rotatable bonds is 4. The summed E-state index contributed by atoms with van der Waals surface area (Å²) in [5.74, 6) is 0. The Hall–Kier alpha value is -0.250. The summed E-state index contributed by atoms with van der Waals surface area (Å²) < 4.78 is 25.1. The van der Waals surface area contributed by atoms with E-state index in [4.69, 9.17) is 14.4 Å². The van der Waals surface area contributed by atoms with Crippen molar-refractivity contribution in [2.45, 2.75) is 19.8 Å². The van der Waals surface area contributed by atoms with Crippen molar-refractivity contribution < 1.29 is 53.0 Å². The van der Waals surface area contributed by atoms with Crippen LogP contribution in [-0.4, -0.2) is 34.9 Å². The van der Waals surface area contributed by atoms with Gasteiger partial charge < -0.3 is 23.9 Å².